The minimum absolute atomic E-state index is 0.195. The molecule has 1 heterocycles. The average molecular weight is 439 g/mol. The fourth-order valence-electron chi connectivity index (χ4n) is 4.01. The van der Waals surface area contributed by atoms with Crippen molar-refractivity contribution in [2.75, 3.05) is 5.32 Å². The molecule has 0 radical (unpaired) electrons. The molecule has 4 aromatic carbocycles. The van der Waals surface area contributed by atoms with Gasteiger partial charge in [0.25, 0.3) is 0 Å². The number of hydrogen-bond acceptors (Lipinski definition) is 2. The molecule has 1 aromatic heterocycles. The molecule has 0 saturated heterocycles. The molecular weight excluding hydrogens is 420 g/mol. The van der Waals surface area contributed by atoms with Crippen LogP contribution in [0.1, 0.15) is 21.6 Å². The van der Waals surface area contributed by atoms with Gasteiger partial charge in [0.1, 0.15) is 5.69 Å². The van der Waals surface area contributed by atoms with Gasteiger partial charge in [-0.05, 0) is 34.5 Å². The number of fused-ring (bicyclic) bond motifs is 2. The first-order chi connectivity index (χ1) is 15.6. The number of nitrogens with one attached hydrogen (secondary N) is 2. The van der Waals surface area contributed by atoms with Gasteiger partial charge in [-0.2, -0.15) is 0 Å². The monoisotopic (exact) mass is 438 g/mol. The molecule has 0 spiro atoms. The summed E-state index contributed by atoms with van der Waals surface area (Å²) in [7, 11) is 0. The number of ketones is 1. The molecule has 4 nitrogen and oxygen atoms in total. The third-order valence-corrected chi connectivity index (χ3v) is 5.75. The second kappa shape index (κ2) is 8.33. The van der Waals surface area contributed by atoms with E-state index < -0.39 is 0 Å². The number of hydrogen-bond donors (Lipinski definition) is 2. The maximum atomic E-state index is 13.2. The average Bonchev–Trinajstić information content (AvgIpc) is 3.16. The zero-order valence-corrected chi connectivity index (χ0v) is 17.8. The summed E-state index contributed by atoms with van der Waals surface area (Å²) in [5.74, 6) is -0.391. The first-order valence-corrected chi connectivity index (χ1v) is 10.7. The number of aromatic amines is 1. The van der Waals surface area contributed by atoms with Gasteiger partial charge in [-0.1, -0.05) is 84.4 Å². The second-order valence-electron chi connectivity index (χ2n) is 7.62. The Kier molecular flexibility index (Phi) is 5.21. The van der Waals surface area contributed by atoms with E-state index in [4.69, 9.17) is 11.6 Å². The predicted molar refractivity (Wildman–Crippen MR) is 129 cm³/mol. The van der Waals surface area contributed by atoms with Crippen LogP contribution in [-0.4, -0.2) is 16.7 Å². The third kappa shape index (κ3) is 3.77. The van der Waals surface area contributed by atoms with Crippen LogP contribution in [0, 0.1) is 0 Å². The van der Waals surface area contributed by atoms with Crippen LogP contribution in [0.3, 0.4) is 0 Å². The summed E-state index contributed by atoms with van der Waals surface area (Å²) < 4.78 is 0. The molecule has 5 heteroatoms. The Morgan fingerprint density at radius 3 is 2.41 bits per heavy atom. The Labute approximate surface area is 189 Å². The summed E-state index contributed by atoms with van der Waals surface area (Å²) in [4.78, 5) is 29.5. The summed E-state index contributed by atoms with van der Waals surface area (Å²) >= 11 is 6.15. The fourth-order valence-corrected chi connectivity index (χ4v) is 4.18. The van der Waals surface area contributed by atoms with E-state index in [2.05, 4.69) is 10.3 Å². The maximum Gasteiger partial charge on any atom is 0.228 e. The molecule has 1 amide bonds. The summed E-state index contributed by atoms with van der Waals surface area (Å²) in [6.07, 6.45) is 0.195. The van der Waals surface area contributed by atoms with Crippen LogP contribution < -0.4 is 5.32 Å². The molecule has 0 fully saturated rings. The number of aromatic nitrogens is 1. The van der Waals surface area contributed by atoms with Crippen LogP contribution in [0.4, 0.5) is 5.69 Å². The summed E-state index contributed by atoms with van der Waals surface area (Å²) in [6, 6.07) is 28.2. The van der Waals surface area contributed by atoms with E-state index in [0.29, 0.717) is 27.5 Å². The van der Waals surface area contributed by atoms with Gasteiger partial charge in [-0.15, -0.1) is 0 Å². The van der Waals surface area contributed by atoms with Crippen molar-refractivity contribution >= 4 is 50.7 Å². The van der Waals surface area contributed by atoms with Crippen LogP contribution in [0.25, 0.3) is 21.7 Å². The van der Waals surface area contributed by atoms with Crippen molar-refractivity contribution in [1.29, 1.82) is 0 Å². The minimum Gasteiger partial charge on any atom is -0.350 e. The molecule has 2 N–H and O–H groups in total. The Balaban J connectivity index is 1.53. The van der Waals surface area contributed by atoms with Crippen LogP contribution in [0.15, 0.2) is 91.0 Å². The molecule has 5 rings (SSSR count). The highest BCUT2D eigenvalue weighted by Crippen LogP contribution is 2.31. The fraction of sp³-hybridized carbons (Fsp3) is 0.0370. The number of rotatable bonds is 5. The van der Waals surface area contributed by atoms with Crippen molar-refractivity contribution in [2.24, 2.45) is 0 Å². The second-order valence-corrected chi connectivity index (χ2v) is 8.06. The lowest BCUT2D eigenvalue weighted by Crippen LogP contribution is -2.17. The first kappa shape index (κ1) is 20.0. The number of amides is 1. The first-order valence-electron chi connectivity index (χ1n) is 10.3. The van der Waals surface area contributed by atoms with E-state index in [0.717, 1.165) is 21.7 Å². The lowest BCUT2D eigenvalue weighted by atomic mass is 10.0. The molecular formula is C27H19ClN2O2. The topological polar surface area (TPSA) is 62.0 Å². The Bertz CT molecular complexity index is 1470. The Hall–Kier alpha value is -3.89. The van der Waals surface area contributed by atoms with Gasteiger partial charge in [0, 0.05) is 21.5 Å². The van der Waals surface area contributed by atoms with E-state index in [1.807, 2.05) is 66.7 Å². The van der Waals surface area contributed by atoms with Gasteiger partial charge >= 0.3 is 0 Å². The van der Waals surface area contributed by atoms with Crippen molar-refractivity contribution in [3.8, 4) is 0 Å². The van der Waals surface area contributed by atoms with Crippen molar-refractivity contribution in [3.63, 3.8) is 0 Å². The smallest absolute Gasteiger partial charge is 0.228 e. The Morgan fingerprint density at radius 1 is 0.812 bits per heavy atom. The summed E-state index contributed by atoms with van der Waals surface area (Å²) in [6.45, 7) is 0. The quantitative estimate of drug-likeness (QED) is 0.312. The number of carbonyl (C=O) groups is 2. The van der Waals surface area contributed by atoms with E-state index >= 15 is 0 Å². The number of benzene rings is 4. The van der Waals surface area contributed by atoms with Gasteiger partial charge in [-0.3, -0.25) is 9.59 Å². The standard InChI is InChI=1S/C27H19ClN2O2/c28-20-13-14-22-23(16-20)29-26(27(32)18-8-2-1-3-9-18)25(22)30-24(31)15-19-11-6-10-17-7-4-5-12-21(17)19/h1-14,16,29H,15H2,(H,30,31). The number of anilines is 1. The van der Waals surface area contributed by atoms with Crippen molar-refractivity contribution in [3.05, 3.63) is 113 Å². The minimum atomic E-state index is -0.196. The zero-order chi connectivity index (χ0) is 22.1. The largest absolute Gasteiger partial charge is 0.350 e. The maximum absolute atomic E-state index is 13.2. The van der Waals surface area contributed by atoms with Crippen molar-refractivity contribution in [2.45, 2.75) is 6.42 Å². The molecule has 0 atom stereocenters. The van der Waals surface area contributed by atoms with Gasteiger partial charge in [0.15, 0.2) is 0 Å². The highest BCUT2D eigenvalue weighted by molar-refractivity contribution is 6.31. The SMILES string of the molecule is O=C(Cc1cccc2ccccc12)Nc1c(C(=O)c2ccccc2)[nH]c2cc(Cl)ccc12. The molecule has 5 aromatic rings. The van der Waals surface area contributed by atoms with Gasteiger partial charge in [-0.25, -0.2) is 0 Å². The Morgan fingerprint density at radius 2 is 1.56 bits per heavy atom. The third-order valence-electron chi connectivity index (χ3n) is 5.52. The molecule has 156 valence electrons. The van der Waals surface area contributed by atoms with E-state index in [9.17, 15) is 9.59 Å². The number of carbonyl (C=O) groups excluding carboxylic acids is 2. The molecule has 0 saturated carbocycles. The summed E-state index contributed by atoms with van der Waals surface area (Å²) in [5.41, 5.74) is 2.96. The van der Waals surface area contributed by atoms with Crippen molar-refractivity contribution in [1.82, 2.24) is 4.98 Å². The molecule has 0 unspecified atom stereocenters. The molecule has 0 bridgehead atoms. The van der Waals surface area contributed by atoms with Crippen LogP contribution >= 0.6 is 11.6 Å². The predicted octanol–water partition coefficient (Wildman–Crippen LogP) is 6.39. The molecule has 0 aliphatic rings. The zero-order valence-electron chi connectivity index (χ0n) is 17.1. The summed E-state index contributed by atoms with van der Waals surface area (Å²) in [5, 5.41) is 6.39. The highest BCUT2D eigenvalue weighted by Gasteiger charge is 2.21. The lowest BCUT2D eigenvalue weighted by Gasteiger charge is -2.09. The van der Waals surface area contributed by atoms with Crippen LogP contribution in [0.2, 0.25) is 5.02 Å². The van der Waals surface area contributed by atoms with E-state index in [1.165, 1.54) is 0 Å². The molecule has 0 aliphatic heterocycles. The van der Waals surface area contributed by atoms with Crippen molar-refractivity contribution < 1.29 is 9.59 Å². The van der Waals surface area contributed by atoms with Crippen LogP contribution in [0.5, 0.6) is 0 Å². The van der Waals surface area contributed by atoms with Gasteiger partial charge in [0.2, 0.25) is 11.7 Å². The normalized spacial score (nSPS) is 11.0. The highest BCUT2D eigenvalue weighted by atomic mass is 35.5. The lowest BCUT2D eigenvalue weighted by molar-refractivity contribution is -0.115. The van der Waals surface area contributed by atoms with Gasteiger partial charge in [0.05, 0.1) is 12.1 Å². The van der Waals surface area contributed by atoms with E-state index in [-0.39, 0.29) is 18.1 Å². The van der Waals surface area contributed by atoms with Crippen LogP contribution in [-0.2, 0) is 11.2 Å². The molecule has 32 heavy (non-hydrogen) atoms. The molecule has 0 aliphatic carbocycles. The number of halogens is 1. The number of H-pyrrole nitrogens is 1. The van der Waals surface area contributed by atoms with E-state index in [1.54, 1.807) is 24.3 Å². The van der Waals surface area contributed by atoms with Gasteiger partial charge < -0.3 is 10.3 Å².